The molecule has 5 nitrogen and oxygen atoms in total. The summed E-state index contributed by atoms with van der Waals surface area (Å²) in [4.78, 5) is 23.7. The van der Waals surface area contributed by atoms with E-state index in [0.29, 0.717) is 18.5 Å². The van der Waals surface area contributed by atoms with Crippen molar-refractivity contribution in [3.63, 3.8) is 0 Å². The quantitative estimate of drug-likeness (QED) is 0.651. The minimum Gasteiger partial charge on any atom is -0.396 e. The molecule has 1 rings (SSSR count). The van der Waals surface area contributed by atoms with Gasteiger partial charge in [0.15, 0.2) is 0 Å². The van der Waals surface area contributed by atoms with Crippen LogP contribution in [0.2, 0.25) is 0 Å². The van der Waals surface area contributed by atoms with E-state index in [0.717, 1.165) is 12.0 Å². The smallest absolute Gasteiger partial charge is 0.251 e. The first-order valence-electron chi connectivity index (χ1n) is 6.80. The van der Waals surface area contributed by atoms with Crippen molar-refractivity contribution in [3.8, 4) is 0 Å². The van der Waals surface area contributed by atoms with Crippen LogP contribution in [0.15, 0.2) is 24.3 Å². The first-order chi connectivity index (χ1) is 9.54. The Balaban J connectivity index is 2.43. The summed E-state index contributed by atoms with van der Waals surface area (Å²) in [6.45, 7) is 4.18. The number of benzene rings is 1. The van der Waals surface area contributed by atoms with Crippen molar-refractivity contribution in [2.75, 3.05) is 13.2 Å². The molecule has 2 amide bonds. The molecule has 0 aliphatic heterocycles. The van der Waals surface area contributed by atoms with Crippen LogP contribution in [0, 0.1) is 6.92 Å². The van der Waals surface area contributed by atoms with Crippen LogP contribution in [0.25, 0.3) is 0 Å². The molecule has 0 saturated carbocycles. The molecule has 0 bridgehead atoms. The average Bonchev–Trinajstić information content (AvgIpc) is 2.43. The SMILES string of the molecule is Cc1cccc(C(=O)NC(C)C(=O)NCCCCO)c1. The second-order valence-corrected chi connectivity index (χ2v) is 4.79. The maximum Gasteiger partial charge on any atom is 0.251 e. The Morgan fingerprint density at radius 1 is 1.30 bits per heavy atom. The molecule has 1 aromatic carbocycles. The van der Waals surface area contributed by atoms with Gasteiger partial charge >= 0.3 is 0 Å². The fourth-order valence-electron chi connectivity index (χ4n) is 1.73. The molecular formula is C15H22N2O3. The predicted molar refractivity (Wildman–Crippen MR) is 77.4 cm³/mol. The van der Waals surface area contributed by atoms with E-state index in [1.54, 1.807) is 19.1 Å². The molecule has 1 unspecified atom stereocenters. The number of carbonyl (C=O) groups is 2. The van der Waals surface area contributed by atoms with Crippen molar-refractivity contribution in [2.45, 2.75) is 32.7 Å². The van der Waals surface area contributed by atoms with E-state index in [1.807, 2.05) is 19.1 Å². The number of nitrogens with one attached hydrogen (secondary N) is 2. The van der Waals surface area contributed by atoms with E-state index in [9.17, 15) is 9.59 Å². The Bertz CT molecular complexity index is 460. The lowest BCUT2D eigenvalue weighted by Gasteiger charge is -2.14. The van der Waals surface area contributed by atoms with Crippen LogP contribution < -0.4 is 10.6 Å². The summed E-state index contributed by atoms with van der Waals surface area (Å²) in [5.41, 5.74) is 1.55. The third kappa shape index (κ3) is 5.40. The van der Waals surface area contributed by atoms with E-state index < -0.39 is 6.04 Å². The van der Waals surface area contributed by atoms with Crippen LogP contribution in [-0.4, -0.2) is 36.1 Å². The number of hydrogen-bond acceptors (Lipinski definition) is 3. The summed E-state index contributed by atoms with van der Waals surface area (Å²) < 4.78 is 0. The Kier molecular flexibility index (Phi) is 6.73. The van der Waals surface area contributed by atoms with Gasteiger partial charge in [0.1, 0.15) is 6.04 Å². The van der Waals surface area contributed by atoms with Gasteiger partial charge in [-0.2, -0.15) is 0 Å². The topological polar surface area (TPSA) is 78.4 Å². The highest BCUT2D eigenvalue weighted by Gasteiger charge is 2.15. The van der Waals surface area contributed by atoms with Crippen LogP contribution >= 0.6 is 0 Å². The lowest BCUT2D eigenvalue weighted by Crippen LogP contribution is -2.45. The Labute approximate surface area is 119 Å². The fraction of sp³-hybridized carbons (Fsp3) is 0.467. The molecule has 1 aromatic rings. The summed E-state index contributed by atoms with van der Waals surface area (Å²) >= 11 is 0. The average molecular weight is 278 g/mol. The van der Waals surface area contributed by atoms with Crippen molar-refractivity contribution in [1.29, 1.82) is 0 Å². The van der Waals surface area contributed by atoms with Gasteiger partial charge in [-0.25, -0.2) is 0 Å². The van der Waals surface area contributed by atoms with Crippen molar-refractivity contribution in [1.82, 2.24) is 10.6 Å². The van der Waals surface area contributed by atoms with Crippen LogP contribution in [-0.2, 0) is 4.79 Å². The van der Waals surface area contributed by atoms with Gasteiger partial charge in [-0.3, -0.25) is 9.59 Å². The van der Waals surface area contributed by atoms with Gasteiger partial charge in [-0.15, -0.1) is 0 Å². The van der Waals surface area contributed by atoms with Crippen molar-refractivity contribution < 1.29 is 14.7 Å². The minimum absolute atomic E-state index is 0.121. The highest BCUT2D eigenvalue weighted by Crippen LogP contribution is 2.04. The third-order valence-corrected chi connectivity index (χ3v) is 2.91. The zero-order valence-corrected chi connectivity index (χ0v) is 12.0. The molecule has 0 aliphatic rings. The second kappa shape index (κ2) is 8.32. The van der Waals surface area contributed by atoms with Gasteiger partial charge in [0.2, 0.25) is 5.91 Å². The van der Waals surface area contributed by atoms with Gasteiger partial charge in [0.25, 0.3) is 5.91 Å². The lowest BCUT2D eigenvalue weighted by atomic mass is 10.1. The highest BCUT2D eigenvalue weighted by molar-refractivity contribution is 5.97. The van der Waals surface area contributed by atoms with Crippen LogP contribution in [0.3, 0.4) is 0 Å². The summed E-state index contributed by atoms with van der Waals surface area (Å²) in [5, 5.41) is 14.0. The number of amides is 2. The second-order valence-electron chi connectivity index (χ2n) is 4.79. The van der Waals surface area contributed by atoms with Gasteiger partial charge < -0.3 is 15.7 Å². The molecule has 0 aromatic heterocycles. The summed E-state index contributed by atoms with van der Waals surface area (Å²) in [7, 11) is 0. The van der Waals surface area contributed by atoms with Crippen LogP contribution in [0.5, 0.6) is 0 Å². The van der Waals surface area contributed by atoms with Crippen LogP contribution in [0.1, 0.15) is 35.7 Å². The molecule has 20 heavy (non-hydrogen) atoms. The lowest BCUT2D eigenvalue weighted by molar-refractivity contribution is -0.122. The van der Waals surface area contributed by atoms with Crippen LogP contribution in [0.4, 0.5) is 0 Å². The van der Waals surface area contributed by atoms with E-state index in [1.165, 1.54) is 0 Å². The monoisotopic (exact) mass is 278 g/mol. The fourth-order valence-corrected chi connectivity index (χ4v) is 1.73. The molecule has 0 heterocycles. The third-order valence-electron chi connectivity index (χ3n) is 2.91. The maximum atomic E-state index is 12.0. The van der Waals surface area contributed by atoms with Crippen molar-refractivity contribution in [2.24, 2.45) is 0 Å². The molecule has 0 radical (unpaired) electrons. The normalized spacial score (nSPS) is 11.8. The number of aliphatic hydroxyl groups is 1. The van der Waals surface area contributed by atoms with Gasteiger partial charge in [0, 0.05) is 18.7 Å². The van der Waals surface area contributed by atoms with Crippen molar-refractivity contribution >= 4 is 11.8 Å². The largest absolute Gasteiger partial charge is 0.396 e. The van der Waals surface area contributed by atoms with Gasteiger partial charge in [-0.1, -0.05) is 17.7 Å². The standard InChI is InChI=1S/C15H22N2O3/c1-11-6-5-7-13(10-11)15(20)17-12(2)14(19)16-8-3-4-9-18/h5-7,10,12,18H,3-4,8-9H2,1-2H3,(H,16,19)(H,17,20). The molecule has 110 valence electrons. The number of hydrogen-bond donors (Lipinski definition) is 3. The number of rotatable bonds is 7. The molecule has 0 fully saturated rings. The first kappa shape index (κ1) is 16.2. The number of aryl methyl sites for hydroxylation is 1. The number of aliphatic hydroxyl groups excluding tert-OH is 1. The molecule has 5 heteroatoms. The predicted octanol–water partition coefficient (Wildman–Crippen LogP) is 1.00. The number of unbranched alkanes of at least 4 members (excludes halogenated alkanes) is 1. The zero-order valence-electron chi connectivity index (χ0n) is 12.0. The number of carbonyl (C=O) groups excluding carboxylic acids is 2. The Hall–Kier alpha value is -1.88. The Morgan fingerprint density at radius 2 is 2.05 bits per heavy atom. The van der Waals surface area contributed by atoms with Crippen molar-refractivity contribution in [3.05, 3.63) is 35.4 Å². The molecule has 1 atom stereocenters. The molecule has 3 N–H and O–H groups in total. The zero-order chi connectivity index (χ0) is 15.0. The summed E-state index contributed by atoms with van der Waals surface area (Å²) in [6, 6.07) is 6.63. The summed E-state index contributed by atoms with van der Waals surface area (Å²) in [6.07, 6.45) is 1.38. The first-order valence-corrected chi connectivity index (χ1v) is 6.80. The van der Waals surface area contributed by atoms with Gasteiger partial charge in [0.05, 0.1) is 0 Å². The van der Waals surface area contributed by atoms with E-state index in [-0.39, 0.29) is 18.4 Å². The summed E-state index contributed by atoms with van der Waals surface area (Å²) in [5.74, 6) is -0.476. The highest BCUT2D eigenvalue weighted by atomic mass is 16.3. The molecular weight excluding hydrogens is 256 g/mol. The van der Waals surface area contributed by atoms with E-state index in [4.69, 9.17) is 5.11 Å². The van der Waals surface area contributed by atoms with Gasteiger partial charge in [-0.05, 0) is 38.8 Å². The maximum absolute atomic E-state index is 12.0. The molecule has 0 spiro atoms. The van der Waals surface area contributed by atoms with E-state index >= 15 is 0 Å². The van der Waals surface area contributed by atoms with E-state index in [2.05, 4.69) is 10.6 Å². The minimum atomic E-state index is -0.586. The Morgan fingerprint density at radius 3 is 2.70 bits per heavy atom. The molecule has 0 aliphatic carbocycles. The molecule has 0 saturated heterocycles.